The second kappa shape index (κ2) is 9.21. The van der Waals surface area contributed by atoms with E-state index in [4.69, 9.17) is 0 Å². The molecular weight excluding hydrogens is 386 g/mol. The lowest BCUT2D eigenvalue weighted by Crippen LogP contribution is -2.45. The van der Waals surface area contributed by atoms with Gasteiger partial charge in [-0.15, -0.1) is 0 Å². The first-order valence-electron chi connectivity index (χ1n) is 8.73. The highest BCUT2D eigenvalue weighted by molar-refractivity contribution is 5.80. The number of benzene rings is 1. The quantitative estimate of drug-likeness (QED) is 0.410. The Labute approximate surface area is 165 Å². The molecule has 12 heteroatoms. The van der Waals surface area contributed by atoms with Crippen LogP contribution >= 0.6 is 0 Å². The van der Waals surface area contributed by atoms with Crippen molar-refractivity contribution in [2.24, 2.45) is 0 Å². The van der Waals surface area contributed by atoms with Gasteiger partial charge in [0.1, 0.15) is 6.10 Å². The Kier molecular flexibility index (Phi) is 6.96. The van der Waals surface area contributed by atoms with E-state index >= 15 is 0 Å². The summed E-state index contributed by atoms with van der Waals surface area (Å²) in [6.45, 7) is 2.67. The first-order chi connectivity index (χ1) is 13.7. The molecule has 1 aromatic heterocycles. The second-order valence-corrected chi connectivity index (χ2v) is 6.36. The summed E-state index contributed by atoms with van der Waals surface area (Å²) < 4.78 is 1.22. The van der Waals surface area contributed by atoms with Gasteiger partial charge < -0.3 is 25.6 Å². The minimum absolute atomic E-state index is 0.160. The van der Waals surface area contributed by atoms with Gasteiger partial charge in [-0.3, -0.25) is 14.9 Å². The zero-order chi connectivity index (χ0) is 21.7. The smallest absolute Gasteiger partial charge is 0.390 e. The first-order valence-corrected chi connectivity index (χ1v) is 8.73. The third-order valence-corrected chi connectivity index (χ3v) is 4.43. The molecule has 0 aliphatic rings. The van der Waals surface area contributed by atoms with Gasteiger partial charge in [0.05, 0.1) is 34.4 Å². The normalized spacial score (nSPS) is 14.1. The molecule has 3 atom stereocenters. The van der Waals surface area contributed by atoms with E-state index in [-0.39, 0.29) is 17.7 Å². The SMILES string of the molecule is CCC(C(=O)NC(CO)C(O)c1ccc([N+](=O)[O-])cc1)n1nc([N+](=O)[O-])cc1C. The third-order valence-electron chi connectivity index (χ3n) is 4.43. The number of carbonyl (C=O) groups is 1. The summed E-state index contributed by atoms with van der Waals surface area (Å²) in [5, 5.41) is 48.0. The van der Waals surface area contributed by atoms with Crippen LogP contribution in [0.4, 0.5) is 11.5 Å². The number of nitrogens with zero attached hydrogens (tertiary/aromatic N) is 4. The summed E-state index contributed by atoms with van der Waals surface area (Å²) in [5.74, 6) is -0.980. The van der Waals surface area contributed by atoms with Crippen LogP contribution in [0.15, 0.2) is 30.3 Å². The predicted octanol–water partition coefficient (Wildman–Crippen LogP) is 1.17. The van der Waals surface area contributed by atoms with Crippen LogP contribution < -0.4 is 5.32 Å². The van der Waals surface area contributed by atoms with Crippen LogP contribution in [-0.2, 0) is 4.79 Å². The fraction of sp³-hybridized carbons (Fsp3) is 0.412. The van der Waals surface area contributed by atoms with Gasteiger partial charge in [-0.2, -0.15) is 4.68 Å². The Morgan fingerprint density at radius 1 is 1.24 bits per heavy atom. The van der Waals surface area contributed by atoms with E-state index < -0.39 is 46.4 Å². The van der Waals surface area contributed by atoms with Crippen molar-refractivity contribution in [3.8, 4) is 0 Å². The number of amides is 1. The number of carbonyl (C=O) groups excluding carboxylic acids is 1. The van der Waals surface area contributed by atoms with Gasteiger partial charge >= 0.3 is 5.82 Å². The second-order valence-electron chi connectivity index (χ2n) is 6.36. The van der Waals surface area contributed by atoms with Crippen LogP contribution in [0.1, 0.15) is 36.7 Å². The van der Waals surface area contributed by atoms with E-state index in [1.54, 1.807) is 13.8 Å². The third kappa shape index (κ3) is 4.92. The van der Waals surface area contributed by atoms with E-state index in [9.17, 15) is 35.2 Å². The lowest BCUT2D eigenvalue weighted by molar-refractivity contribution is -0.389. The molecule has 12 nitrogen and oxygen atoms in total. The summed E-state index contributed by atoms with van der Waals surface area (Å²) in [4.78, 5) is 33.1. The number of nitrogens with one attached hydrogen (secondary N) is 1. The number of aromatic nitrogens is 2. The lowest BCUT2D eigenvalue weighted by atomic mass is 10.0. The zero-order valence-electron chi connectivity index (χ0n) is 15.8. The number of rotatable bonds is 9. The van der Waals surface area contributed by atoms with Gasteiger partial charge in [-0.25, -0.2) is 0 Å². The monoisotopic (exact) mass is 407 g/mol. The molecule has 2 aromatic rings. The number of aliphatic hydroxyl groups is 2. The molecule has 0 bridgehead atoms. The molecule has 0 aliphatic heterocycles. The van der Waals surface area contributed by atoms with Crippen molar-refractivity contribution < 1.29 is 24.9 Å². The Bertz CT molecular complexity index is 896. The van der Waals surface area contributed by atoms with Crippen LogP contribution in [0, 0.1) is 27.2 Å². The average molecular weight is 407 g/mol. The van der Waals surface area contributed by atoms with E-state index in [2.05, 4.69) is 10.4 Å². The van der Waals surface area contributed by atoms with Crippen LogP contribution in [-0.4, -0.2) is 48.4 Å². The topological polar surface area (TPSA) is 174 Å². The molecule has 1 aromatic carbocycles. The molecule has 3 N–H and O–H groups in total. The van der Waals surface area contributed by atoms with Crippen molar-refractivity contribution >= 4 is 17.4 Å². The molecule has 29 heavy (non-hydrogen) atoms. The minimum atomic E-state index is -1.32. The van der Waals surface area contributed by atoms with Crippen molar-refractivity contribution in [1.29, 1.82) is 0 Å². The summed E-state index contributed by atoms with van der Waals surface area (Å²) in [6, 6.07) is 4.33. The van der Waals surface area contributed by atoms with Gasteiger partial charge in [-0.05, 0) is 36.0 Å². The zero-order valence-corrected chi connectivity index (χ0v) is 15.8. The number of nitro groups is 2. The van der Waals surface area contributed by atoms with Gasteiger partial charge in [0.2, 0.25) is 5.91 Å². The van der Waals surface area contributed by atoms with Gasteiger partial charge in [0, 0.05) is 12.1 Å². The molecule has 156 valence electrons. The Morgan fingerprint density at radius 2 is 1.86 bits per heavy atom. The molecule has 0 aliphatic carbocycles. The van der Waals surface area contributed by atoms with Crippen LogP contribution in [0.25, 0.3) is 0 Å². The molecule has 1 amide bonds. The highest BCUT2D eigenvalue weighted by atomic mass is 16.6. The van der Waals surface area contributed by atoms with Gasteiger partial charge in [0.25, 0.3) is 5.69 Å². The van der Waals surface area contributed by atoms with E-state index in [0.717, 1.165) is 0 Å². The maximum absolute atomic E-state index is 12.7. The number of aliphatic hydroxyl groups excluding tert-OH is 2. The fourth-order valence-corrected chi connectivity index (χ4v) is 2.87. The average Bonchev–Trinajstić information content (AvgIpc) is 3.08. The number of hydrogen-bond donors (Lipinski definition) is 3. The van der Waals surface area contributed by atoms with E-state index in [0.29, 0.717) is 5.69 Å². The van der Waals surface area contributed by atoms with Crippen LogP contribution in [0.5, 0.6) is 0 Å². The molecule has 2 rings (SSSR count). The van der Waals surface area contributed by atoms with Crippen molar-refractivity contribution in [3.63, 3.8) is 0 Å². The Morgan fingerprint density at radius 3 is 2.31 bits per heavy atom. The highest BCUT2D eigenvalue weighted by Crippen LogP contribution is 2.22. The van der Waals surface area contributed by atoms with Gasteiger partial charge in [-0.1, -0.05) is 6.92 Å². The van der Waals surface area contributed by atoms with Crippen molar-refractivity contribution in [1.82, 2.24) is 15.1 Å². The molecule has 0 saturated carbocycles. The van der Waals surface area contributed by atoms with Crippen molar-refractivity contribution in [3.05, 3.63) is 61.8 Å². The number of nitro benzene ring substituents is 1. The first kappa shape index (κ1) is 21.9. The lowest BCUT2D eigenvalue weighted by Gasteiger charge is -2.24. The van der Waals surface area contributed by atoms with Gasteiger partial charge in [0.15, 0.2) is 6.04 Å². The molecule has 0 spiro atoms. The van der Waals surface area contributed by atoms with Crippen molar-refractivity contribution in [2.45, 2.75) is 38.5 Å². The molecular formula is C17H21N5O7. The molecule has 1 heterocycles. The summed E-state index contributed by atoms with van der Waals surface area (Å²) in [6.07, 6.45) is -1.06. The number of hydrogen-bond acceptors (Lipinski definition) is 8. The summed E-state index contributed by atoms with van der Waals surface area (Å²) >= 11 is 0. The maximum Gasteiger partial charge on any atom is 0.390 e. The molecule has 0 fully saturated rings. The summed E-state index contributed by atoms with van der Waals surface area (Å²) in [5.41, 5.74) is 0.524. The fourth-order valence-electron chi connectivity index (χ4n) is 2.87. The van der Waals surface area contributed by atoms with E-state index in [1.165, 1.54) is 35.0 Å². The highest BCUT2D eigenvalue weighted by Gasteiger charge is 2.30. The summed E-state index contributed by atoms with van der Waals surface area (Å²) in [7, 11) is 0. The number of non-ortho nitro benzene ring substituents is 1. The van der Waals surface area contributed by atoms with Crippen LogP contribution in [0.2, 0.25) is 0 Å². The standard InChI is InChI=1S/C17H21N5O7/c1-3-14(20-10(2)8-15(19-20)22(28)29)17(25)18-13(9-23)16(24)11-4-6-12(7-5-11)21(26)27/h4-8,13-14,16,23-24H,3,9H2,1-2H3,(H,18,25). The van der Waals surface area contributed by atoms with Crippen LogP contribution in [0.3, 0.4) is 0 Å². The Balaban J connectivity index is 2.18. The molecule has 3 unspecified atom stereocenters. The molecule has 0 saturated heterocycles. The maximum atomic E-state index is 12.7. The van der Waals surface area contributed by atoms with E-state index in [1.807, 2.05) is 0 Å². The Hall–Kier alpha value is -3.38. The molecule has 0 radical (unpaired) electrons. The predicted molar refractivity (Wildman–Crippen MR) is 100 cm³/mol. The van der Waals surface area contributed by atoms with Crippen molar-refractivity contribution in [2.75, 3.05) is 6.61 Å². The number of aryl methyl sites for hydroxylation is 1. The largest absolute Gasteiger partial charge is 0.394 e. The minimum Gasteiger partial charge on any atom is -0.394 e.